The number of hydrogen-bond donors (Lipinski definition) is 1. The zero-order chi connectivity index (χ0) is 30.0. The molecule has 2 unspecified atom stereocenters. The van der Waals surface area contributed by atoms with Gasteiger partial charge in [-0.1, -0.05) is 13.8 Å². The molecule has 5 heterocycles. The standard InChI is InChI=1S/C28H30F3N7O4/c1-16-12-23(39)33-34-27(16)20-8-6-18(15-32-20)42-11-5-4-10-37-24(40)13-17(2)26(36-37)19-7-9-25(41-3)38-21(19)14-22(35-38)28(29,30)31/h6-9,14-17H,4-5,10-13H2,1-3H3,(H,33,39). The lowest BCUT2D eigenvalue weighted by molar-refractivity contribution is -0.141. The molecule has 3 aromatic heterocycles. The van der Waals surface area contributed by atoms with E-state index in [1.54, 1.807) is 24.4 Å². The van der Waals surface area contributed by atoms with Gasteiger partial charge in [-0.3, -0.25) is 14.6 Å². The number of methoxy groups -OCH3 is 1. The highest BCUT2D eigenvalue weighted by Crippen LogP contribution is 2.33. The molecule has 222 valence electrons. The Morgan fingerprint density at radius 2 is 1.83 bits per heavy atom. The van der Waals surface area contributed by atoms with Crippen molar-refractivity contribution in [1.82, 2.24) is 25.0 Å². The van der Waals surface area contributed by atoms with E-state index in [0.29, 0.717) is 60.8 Å². The van der Waals surface area contributed by atoms with Crippen molar-refractivity contribution in [2.75, 3.05) is 20.3 Å². The number of hydrazone groups is 2. The van der Waals surface area contributed by atoms with Gasteiger partial charge < -0.3 is 9.47 Å². The second-order valence-corrected chi connectivity index (χ2v) is 10.3. The smallest absolute Gasteiger partial charge is 0.435 e. The number of nitrogens with zero attached hydrogens (tertiary/aromatic N) is 6. The molecule has 0 radical (unpaired) electrons. The van der Waals surface area contributed by atoms with Gasteiger partial charge in [-0.25, -0.2) is 10.4 Å². The van der Waals surface area contributed by atoms with Crippen molar-refractivity contribution in [2.24, 2.45) is 22.0 Å². The summed E-state index contributed by atoms with van der Waals surface area (Å²) in [5.41, 5.74) is 3.98. The van der Waals surface area contributed by atoms with Crippen LogP contribution in [0.4, 0.5) is 13.2 Å². The van der Waals surface area contributed by atoms with Gasteiger partial charge in [0.2, 0.25) is 17.7 Å². The molecule has 0 fully saturated rings. The molecule has 0 bridgehead atoms. The zero-order valence-electron chi connectivity index (χ0n) is 23.3. The number of rotatable bonds is 9. The molecular weight excluding hydrogens is 555 g/mol. The topological polar surface area (TPSA) is 123 Å². The van der Waals surface area contributed by atoms with Crippen molar-refractivity contribution >= 4 is 28.8 Å². The minimum Gasteiger partial charge on any atom is -0.492 e. The number of ether oxygens (including phenoxy) is 2. The lowest BCUT2D eigenvalue weighted by Gasteiger charge is -2.28. The van der Waals surface area contributed by atoms with Gasteiger partial charge in [-0.2, -0.15) is 33.0 Å². The number of amides is 2. The normalized spacial score (nSPS) is 19.4. The number of fused-ring (bicyclic) bond motifs is 1. The van der Waals surface area contributed by atoms with Crippen LogP contribution < -0.4 is 14.9 Å². The van der Waals surface area contributed by atoms with E-state index in [0.717, 1.165) is 10.6 Å². The number of nitrogens with one attached hydrogen (secondary N) is 1. The van der Waals surface area contributed by atoms with Crippen LogP contribution >= 0.6 is 0 Å². The maximum absolute atomic E-state index is 13.4. The Kier molecular flexibility index (Phi) is 8.14. The van der Waals surface area contributed by atoms with Crippen LogP contribution in [0.1, 0.15) is 56.5 Å². The molecule has 1 N–H and O–H groups in total. The number of pyridine rings is 2. The number of hydrogen-bond acceptors (Lipinski definition) is 8. The van der Waals surface area contributed by atoms with Crippen LogP contribution in [0.5, 0.6) is 11.6 Å². The molecule has 0 aliphatic carbocycles. The van der Waals surface area contributed by atoms with Crippen molar-refractivity contribution in [3.8, 4) is 11.6 Å². The third-order valence-electron chi connectivity index (χ3n) is 7.12. The van der Waals surface area contributed by atoms with Gasteiger partial charge in [0, 0.05) is 42.9 Å². The Morgan fingerprint density at radius 1 is 1.05 bits per heavy atom. The van der Waals surface area contributed by atoms with Crippen molar-refractivity contribution in [3.63, 3.8) is 0 Å². The van der Waals surface area contributed by atoms with E-state index < -0.39 is 11.9 Å². The summed E-state index contributed by atoms with van der Waals surface area (Å²) in [6.07, 6.45) is -1.26. The summed E-state index contributed by atoms with van der Waals surface area (Å²) in [4.78, 5) is 28.6. The lowest BCUT2D eigenvalue weighted by Crippen LogP contribution is -2.37. The number of aromatic nitrogens is 3. The minimum atomic E-state index is -4.63. The maximum Gasteiger partial charge on any atom is 0.435 e. The largest absolute Gasteiger partial charge is 0.492 e. The van der Waals surface area contributed by atoms with Crippen LogP contribution in [0.3, 0.4) is 0 Å². The van der Waals surface area contributed by atoms with Gasteiger partial charge >= 0.3 is 6.18 Å². The van der Waals surface area contributed by atoms with Crippen molar-refractivity contribution in [1.29, 1.82) is 0 Å². The molecular formula is C28H30F3N7O4. The monoisotopic (exact) mass is 585 g/mol. The fraction of sp³-hybridized carbons (Fsp3) is 0.429. The summed E-state index contributed by atoms with van der Waals surface area (Å²) in [5, 5.41) is 13.7. The molecule has 42 heavy (non-hydrogen) atoms. The Morgan fingerprint density at radius 3 is 2.52 bits per heavy atom. The predicted molar refractivity (Wildman–Crippen MR) is 146 cm³/mol. The molecule has 3 aromatic rings. The molecule has 2 atom stereocenters. The molecule has 0 saturated carbocycles. The summed E-state index contributed by atoms with van der Waals surface area (Å²) in [6, 6.07) is 7.72. The first-order chi connectivity index (χ1) is 20.0. The van der Waals surface area contributed by atoms with E-state index in [2.05, 4.69) is 25.7 Å². The SMILES string of the molecule is COc1ccc(C2=NN(CCCCOc3ccc(C4=NNC(=O)CC4C)nc3)C(=O)CC2C)c2cc(C(F)(F)F)nn12. The number of carbonyl (C=O) groups excluding carboxylic acids is 2. The van der Waals surface area contributed by atoms with Crippen molar-refractivity contribution in [2.45, 2.75) is 45.7 Å². The Hall–Kier alpha value is -4.49. The summed E-state index contributed by atoms with van der Waals surface area (Å²) >= 11 is 0. The predicted octanol–water partition coefficient (Wildman–Crippen LogP) is 4.05. The van der Waals surface area contributed by atoms with Crippen molar-refractivity contribution in [3.05, 3.63) is 53.5 Å². The van der Waals surface area contributed by atoms with Crippen LogP contribution in [0, 0.1) is 11.8 Å². The average molecular weight is 586 g/mol. The Bertz CT molecular complexity index is 1550. The Balaban J connectivity index is 1.22. The van der Waals surface area contributed by atoms with E-state index in [-0.39, 0.29) is 41.5 Å². The molecule has 14 heteroatoms. The van der Waals surface area contributed by atoms with E-state index in [9.17, 15) is 22.8 Å². The van der Waals surface area contributed by atoms with Gasteiger partial charge in [-0.15, -0.1) is 0 Å². The quantitative estimate of drug-likeness (QED) is 0.378. The molecule has 11 nitrogen and oxygen atoms in total. The number of alkyl halides is 3. The van der Waals surface area contributed by atoms with E-state index in [1.165, 1.54) is 18.2 Å². The van der Waals surface area contributed by atoms with E-state index >= 15 is 0 Å². The fourth-order valence-electron chi connectivity index (χ4n) is 4.94. The van der Waals surface area contributed by atoms with Gasteiger partial charge in [0.05, 0.1) is 42.5 Å². The third kappa shape index (κ3) is 6.06. The van der Waals surface area contributed by atoms with Gasteiger partial charge in [-0.05, 0) is 37.1 Å². The minimum absolute atomic E-state index is 0.0325. The first-order valence-corrected chi connectivity index (χ1v) is 13.5. The van der Waals surface area contributed by atoms with Crippen LogP contribution in [-0.2, 0) is 15.8 Å². The van der Waals surface area contributed by atoms with Crippen LogP contribution in [-0.4, -0.2) is 63.1 Å². The van der Waals surface area contributed by atoms with Crippen LogP contribution in [0.2, 0.25) is 0 Å². The molecule has 2 aliphatic heterocycles. The van der Waals surface area contributed by atoms with Crippen LogP contribution in [0.25, 0.3) is 5.52 Å². The summed E-state index contributed by atoms with van der Waals surface area (Å²) in [7, 11) is 1.36. The van der Waals surface area contributed by atoms with Gasteiger partial charge in [0.1, 0.15) is 5.75 Å². The van der Waals surface area contributed by atoms with Gasteiger partial charge in [0.15, 0.2) is 5.69 Å². The highest BCUT2D eigenvalue weighted by Gasteiger charge is 2.36. The maximum atomic E-state index is 13.4. The van der Waals surface area contributed by atoms with E-state index in [4.69, 9.17) is 9.47 Å². The first-order valence-electron chi connectivity index (χ1n) is 13.5. The molecule has 2 amide bonds. The summed E-state index contributed by atoms with van der Waals surface area (Å²) in [5.74, 6) is 0.124. The van der Waals surface area contributed by atoms with Crippen molar-refractivity contribution < 1.29 is 32.2 Å². The molecule has 2 aliphatic rings. The third-order valence-corrected chi connectivity index (χ3v) is 7.12. The zero-order valence-corrected chi connectivity index (χ0v) is 23.3. The fourth-order valence-corrected chi connectivity index (χ4v) is 4.94. The highest BCUT2D eigenvalue weighted by molar-refractivity contribution is 6.10. The highest BCUT2D eigenvalue weighted by atomic mass is 19.4. The van der Waals surface area contributed by atoms with E-state index in [1.807, 2.05) is 13.8 Å². The summed E-state index contributed by atoms with van der Waals surface area (Å²) < 4.78 is 52.4. The Labute approximate surface area is 239 Å². The summed E-state index contributed by atoms with van der Waals surface area (Å²) in [6.45, 7) is 4.46. The second kappa shape index (κ2) is 11.8. The average Bonchev–Trinajstić information content (AvgIpc) is 3.41. The van der Waals surface area contributed by atoms with Crippen LogP contribution in [0.15, 0.2) is 46.7 Å². The molecule has 0 spiro atoms. The number of carbonyl (C=O) groups is 2. The molecule has 5 rings (SSSR count). The molecule has 0 saturated heterocycles. The first kappa shape index (κ1) is 29.0. The number of unbranched alkanes of at least 4 members (excludes halogenated alkanes) is 1. The van der Waals surface area contributed by atoms with Gasteiger partial charge in [0.25, 0.3) is 0 Å². The number of halogens is 3. The lowest BCUT2D eigenvalue weighted by atomic mass is 9.93. The second-order valence-electron chi connectivity index (χ2n) is 10.3. The molecule has 0 aromatic carbocycles.